The lowest BCUT2D eigenvalue weighted by Gasteiger charge is -2.22. The molecule has 0 N–H and O–H groups in total. The number of carbonyl (C=O) groups excluding carboxylic acids is 1. The van der Waals surface area contributed by atoms with Crippen molar-refractivity contribution < 1.29 is 9.53 Å². The highest BCUT2D eigenvalue weighted by atomic mass is 16.5. The molecule has 0 saturated heterocycles. The fourth-order valence-corrected chi connectivity index (χ4v) is 3.34. The molecular formula is C24H29N3O2. The Labute approximate surface area is 172 Å². The molecule has 1 aromatic heterocycles. The maximum Gasteiger partial charge on any atom is 0.227 e. The van der Waals surface area contributed by atoms with Gasteiger partial charge in [-0.15, -0.1) is 0 Å². The minimum Gasteiger partial charge on any atom is -0.439 e. The predicted octanol–water partition coefficient (Wildman–Crippen LogP) is 5.43. The van der Waals surface area contributed by atoms with Crippen molar-refractivity contribution in [1.82, 2.24) is 14.7 Å². The van der Waals surface area contributed by atoms with Gasteiger partial charge in [-0.05, 0) is 50.1 Å². The lowest BCUT2D eigenvalue weighted by Crippen LogP contribution is -2.30. The van der Waals surface area contributed by atoms with E-state index in [1.807, 2.05) is 85.0 Å². The minimum atomic E-state index is 0.139. The van der Waals surface area contributed by atoms with Crippen LogP contribution in [-0.2, 0) is 11.3 Å². The predicted molar refractivity (Wildman–Crippen MR) is 116 cm³/mol. The second-order valence-electron chi connectivity index (χ2n) is 7.20. The minimum absolute atomic E-state index is 0.139. The summed E-state index contributed by atoms with van der Waals surface area (Å²) in [6, 6.07) is 17.9. The second-order valence-corrected chi connectivity index (χ2v) is 7.20. The number of aryl methyl sites for hydroxylation is 2. The van der Waals surface area contributed by atoms with Crippen LogP contribution < -0.4 is 4.74 Å². The SMILES string of the molecule is CCCN(Cc1c(C)nn(-c2ccccc2)c1Oc1cccc(C)c1)C(=O)CC. The lowest BCUT2D eigenvalue weighted by atomic mass is 10.2. The van der Waals surface area contributed by atoms with E-state index >= 15 is 0 Å². The van der Waals surface area contributed by atoms with Gasteiger partial charge in [0.2, 0.25) is 11.8 Å². The standard InChI is InChI=1S/C24H29N3O2/c1-5-15-26(23(28)6-2)17-22-19(4)25-27(20-12-8-7-9-13-20)24(22)29-21-14-10-11-18(3)16-21/h7-14,16H,5-6,15,17H2,1-4H3. The van der Waals surface area contributed by atoms with Crippen molar-refractivity contribution in [1.29, 1.82) is 0 Å². The molecule has 0 saturated carbocycles. The zero-order valence-corrected chi connectivity index (χ0v) is 17.7. The van der Waals surface area contributed by atoms with E-state index in [9.17, 15) is 4.79 Å². The van der Waals surface area contributed by atoms with E-state index in [0.29, 0.717) is 25.4 Å². The van der Waals surface area contributed by atoms with Crippen LogP contribution >= 0.6 is 0 Å². The molecule has 0 radical (unpaired) electrons. The van der Waals surface area contributed by atoms with E-state index < -0.39 is 0 Å². The first kappa shape index (κ1) is 20.6. The summed E-state index contributed by atoms with van der Waals surface area (Å²) < 4.78 is 8.18. The van der Waals surface area contributed by atoms with Crippen molar-refractivity contribution in [2.45, 2.75) is 47.1 Å². The van der Waals surface area contributed by atoms with Crippen LogP contribution in [0.2, 0.25) is 0 Å². The van der Waals surface area contributed by atoms with Crippen molar-refractivity contribution in [3.05, 3.63) is 71.4 Å². The molecule has 1 amide bonds. The normalized spacial score (nSPS) is 10.8. The van der Waals surface area contributed by atoms with Crippen molar-refractivity contribution in [3.63, 3.8) is 0 Å². The molecule has 29 heavy (non-hydrogen) atoms. The summed E-state index contributed by atoms with van der Waals surface area (Å²) in [5.41, 5.74) is 3.85. The first-order chi connectivity index (χ1) is 14.0. The molecule has 3 aromatic rings. The van der Waals surface area contributed by atoms with Gasteiger partial charge in [-0.1, -0.05) is 44.2 Å². The van der Waals surface area contributed by atoms with E-state index in [0.717, 1.165) is 34.7 Å². The average molecular weight is 392 g/mol. The zero-order valence-electron chi connectivity index (χ0n) is 17.7. The monoisotopic (exact) mass is 391 g/mol. The summed E-state index contributed by atoms with van der Waals surface area (Å²) in [6.07, 6.45) is 1.39. The van der Waals surface area contributed by atoms with Crippen LogP contribution in [0, 0.1) is 13.8 Å². The second kappa shape index (κ2) is 9.41. The molecule has 0 spiro atoms. The number of benzene rings is 2. The first-order valence-corrected chi connectivity index (χ1v) is 10.2. The fourth-order valence-electron chi connectivity index (χ4n) is 3.34. The summed E-state index contributed by atoms with van der Waals surface area (Å²) in [5.74, 6) is 1.55. The van der Waals surface area contributed by atoms with Gasteiger partial charge in [0.1, 0.15) is 5.75 Å². The molecule has 0 aliphatic rings. The van der Waals surface area contributed by atoms with E-state index in [-0.39, 0.29) is 5.91 Å². The third kappa shape index (κ3) is 4.86. The van der Waals surface area contributed by atoms with Crippen molar-refractivity contribution in [3.8, 4) is 17.3 Å². The van der Waals surface area contributed by atoms with Crippen LogP contribution in [0.1, 0.15) is 43.5 Å². The van der Waals surface area contributed by atoms with Gasteiger partial charge in [-0.25, -0.2) is 4.68 Å². The smallest absolute Gasteiger partial charge is 0.227 e. The maximum atomic E-state index is 12.5. The Balaban J connectivity index is 2.07. The molecule has 0 bridgehead atoms. The largest absolute Gasteiger partial charge is 0.439 e. The van der Waals surface area contributed by atoms with E-state index in [1.165, 1.54) is 0 Å². The number of amides is 1. The quantitative estimate of drug-likeness (QED) is 0.514. The van der Waals surface area contributed by atoms with Crippen LogP contribution in [0.5, 0.6) is 11.6 Å². The topological polar surface area (TPSA) is 47.4 Å². The first-order valence-electron chi connectivity index (χ1n) is 10.2. The highest BCUT2D eigenvalue weighted by Gasteiger charge is 2.22. The van der Waals surface area contributed by atoms with Crippen LogP contribution in [0.3, 0.4) is 0 Å². The molecule has 1 heterocycles. The summed E-state index contributed by atoms with van der Waals surface area (Å²) in [5, 5.41) is 4.75. The van der Waals surface area contributed by atoms with Crippen molar-refractivity contribution >= 4 is 5.91 Å². The number of nitrogens with zero attached hydrogens (tertiary/aromatic N) is 3. The highest BCUT2D eigenvalue weighted by Crippen LogP contribution is 2.32. The van der Waals surface area contributed by atoms with E-state index in [1.54, 1.807) is 0 Å². The van der Waals surface area contributed by atoms with Crippen molar-refractivity contribution in [2.75, 3.05) is 6.54 Å². The van der Waals surface area contributed by atoms with Gasteiger partial charge < -0.3 is 9.64 Å². The Morgan fingerprint density at radius 2 is 1.83 bits per heavy atom. The molecule has 0 aliphatic carbocycles. The molecular weight excluding hydrogens is 362 g/mol. The summed E-state index contributed by atoms with van der Waals surface area (Å²) in [6.45, 7) is 9.19. The van der Waals surface area contributed by atoms with Gasteiger partial charge in [0, 0.05) is 13.0 Å². The highest BCUT2D eigenvalue weighted by molar-refractivity contribution is 5.76. The Hall–Kier alpha value is -3.08. The molecule has 5 nitrogen and oxygen atoms in total. The number of carbonyl (C=O) groups is 1. The average Bonchev–Trinajstić information content (AvgIpc) is 3.03. The number of rotatable bonds is 8. The van der Waals surface area contributed by atoms with Gasteiger partial charge in [0.15, 0.2) is 0 Å². The van der Waals surface area contributed by atoms with Gasteiger partial charge in [-0.3, -0.25) is 4.79 Å². The molecule has 0 fully saturated rings. The number of para-hydroxylation sites is 1. The molecule has 152 valence electrons. The lowest BCUT2D eigenvalue weighted by molar-refractivity contribution is -0.131. The third-order valence-electron chi connectivity index (χ3n) is 4.84. The molecule has 0 unspecified atom stereocenters. The van der Waals surface area contributed by atoms with Gasteiger partial charge in [0.25, 0.3) is 0 Å². The Kier molecular flexibility index (Phi) is 6.70. The van der Waals surface area contributed by atoms with Crippen LogP contribution in [-0.4, -0.2) is 27.1 Å². The molecule has 2 aromatic carbocycles. The molecule has 5 heteroatoms. The Morgan fingerprint density at radius 3 is 2.48 bits per heavy atom. The Morgan fingerprint density at radius 1 is 1.07 bits per heavy atom. The molecule has 0 aliphatic heterocycles. The summed E-state index contributed by atoms with van der Waals surface area (Å²) in [4.78, 5) is 14.4. The van der Waals surface area contributed by atoms with Crippen LogP contribution in [0.15, 0.2) is 54.6 Å². The number of aromatic nitrogens is 2. The molecule has 0 atom stereocenters. The summed E-state index contributed by atoms with van der Waals surface area (Å²) >= 11 is 0. The van der Waals surface area contributed by atoms with Gasteiger partial charge >= 0.3 is 0 Å². The van der Waals surface area contributed by atoms with Crippen LogP contribution in [0.4, 0.5) is 0 Å². The van der Waals surface area contributed by atoms with E-state index in [4.69, 9.17) is 9.84 Å². The fraction of sp³-hybridized carbons (Fsp3) is 0.333. The summed E-state index contributed by atoms with van der Waals surface area (Å²) in [7, 11) is 0. The molecule has 3 rings (SSSR count). The van der Waals surface area contributed by atoms with Crippen molar-refractivity contribution in [2.24, 2.45) is 0 Å². The van der Waals surface area contributed by atoms with E-state index in [2.05, 4.69) is 6.92 Å². The van der Waals surface area contributed by atoms with Gasteiger partial charge in [-0.2, -0.15) is 5.10 Å². The van der Waals surface area contributed by atoms with Crippen LogP contribution in [0.25, 0.3) is 5.69 Å². The number of ether oxygens (including phenoxy) is 1. The third-order valence-corrected chi connectivity index (χ3v) is 4.84. The Bertz CT molecular complexity index is 964. The zero-order chi connectivity index (χ0) is 20.8. The number of hydrogen-bond donors (Lipinski definition) is 0. The van der Waals surface area contributed by atoms with Gasteiger partial charge in [0.05, 0.1) is 23.5 Å². The number of hydrogen-bond acceptors (Lipinski definition) is 3. The maximum absolute atomic E-state index is 12.5.